The first kappa shape index (κ1) is 15.9. The van der Waals surface area contributed by atoms with E-state index in [1.54, 1.807) is 12.1 Å². The first-order valence-electron chi connectivity index (χ1n) is 6.07. The minimum Gasteiger partial charge on any atom is -0.313 e. The number of benzene rings is 2. The van der Waals surface area contributed by atoms with Crippen LogP contribution in [0.25, 0.3) is 0 Å². The molecule has 1 atom stereocenters. The highest BCUT2D eigenvalue weighted by molar-refractivity contribution is 6.35. The standard InChI is InChI=1S/C15H13Cl4N/c1-20-15(12-5-4-11(17)8-14(12)19)6-9-2-3-10(16)7-13(9)18/h2-5,7-8,15,20H,6H2,1H3. The lowest BCUT2D eigenvalue weighted by atomic mass is 9.99. The summed E-state index contributed by atoms with van der Waals surface area (Å²) in [5.74, 6) is 0. The summed E-state index contributed by atoms with van der Waals surface area (Å²) in [6.07, 6.45) is 0.716. The first-order valence-corrected chi connectivity index (χ1v) is 7.58. The SMILES string of the molecule is CNC(Cc1ccc(Cl)cc1Cl)c1ccc(Cl)cc1Cl. The molecule has 0 aromatic heterocycles. The quantitative estimate of drug-likeness (QED) is 0.735. The number of halogens is 4. The molecule has 5 heteroatoms. The van der Waals surface area contributed by atoms with E-state index in [0.29, 0.717) is 26.5 Å². The Morgan fingerprint density at radius 3 is 2.05 bits per heavy atom. The third-order valence-electron chi connectivity index (χ3n) is 3.13. The second-order valence-corrected chi connectivity index (χ2v) is 6.13. The molecular formula is C15H13Cl4N. The third-order valence-corrected chi connectivity index (χ3v) is 4.27. The van der Waals surface area contributed by atoms with E-state index in [0.717, 1.165) is 11.1 Å². The Bertz CT molecular complexity index is 613. The molecule has 2 aromatic carbocycles. The second kappa shape index (κ2) is 7.02. The Morgan fingerprint density at radius 1 is 0.900 bits per heavy atom. The first-order chi connectivity index (χ1) is 9.51. The summed E-state index contributed by atoms with van der Waals surface area (Å²) in [6.45, 7) is 0. The molecule has 20 heavy (non-hydrogen) atoms. The Morgan fingerprint density at radius 2 is 1.50 bits per heavy atom. The van der Waals surface area contributed by atoms with Gasteiger partial charge in [0, 0.05) is 26.1 Å². The van der Waals surface area contributed by atoms with Crippen LogP contribution in [0.5, 0.6) is 0 Å². The van der Waals surface area contributed by atoms with Gasteiger partial charge in [-0.05, 0) is 48.9 Å². The van der Waals surface area contributed by atoms with Crippen LogP contribution in [-0.4, -0.2) is 7.05 Å². The molecule has 1 nitrogen and oxygen atoms in total. The van der Waals surface area contributed by atoms with Crippen molar-refractivity contribution in [1.29, 1.82) is 0 Å². The summed E-state index contributed by atoms with van der Waals surface area (Å²) >= 11 is 24.3. The van der Waals surface area contributed by atoms with Gasteiger partial charge in [0.2, 0.25) is 0 Å². The number of hydrogen-bond acceptors (Lipinski definition) is 1. The fraction of sp³-hybridized carbons (Fsp3) is 0.200. The maximum atomic E-state index is 6.26. The highest BCUT2D eigenvalue weighted by atomic mass is 35.5. The number of likely N-dealkylation sites (N-methyl/N-ethyl adjacent to an activating group) is 1. The van der Waals surface area contributed by atoms with Crippen LogP contribution in [0.1, 0.15) is 17.2 Å². The van der Waals surface area contributed by atoms with Gasteiger partial charge in [-0.2, -0.15) is 0 Å². The van der Waals surface area contributed by atoms with Crippen molar-refractivity contribution in [3.8, 4) is 0 Å². The van der Waals surface area contributed by atoms with E-state index in [4.69, 9.17) is 46.4 Å². The van der Waals surface area contributed by atoms with Crippen molar-refractivity contribution in [3.63, 3.8) is 0 Å². The molecule has 0 spiro atoms. The second-order valence-electron chi connectivity index (χ2n) is 4.45. The molecule has 0 fully saturated rings. The largest absolute Gasteiger partial charge is 0.313 e. The summed E-state index contributed by atoms with van der Waals surface area (Å²) in [5.41, 5.74) is 2.01. The van der Waals surface area contributed by atoms with E-state index >= 15 is 0 Å². The molecule has 0 aliphatic heterocycles. The van der Waals surface area contributed by atoms with Crippen molar-refractivity contribution in [3.05, 3.63) is 67.6 Å². The van der Waals surface area contributed by atoms with Gasteiger partial charge in [0.05, 0.1) is 0 Å². The van der Waals surface area contributed by atoms with Gasteiger partial charge in [-0.1, -0.05) is 58.5 Å². The average Bonchev–Trinajstić information content (AvgIpc) is 2.39. The summed E-state index contributed by atoms with van der Waals surface area (Å²) < 4.78 is 0. The van der Waals surface area contributed by atoms with Crippen molar-refractivity contribution >= 4 is 46.4 Å². The van der Waals surface area contributed by atoms with Gasteiger partial charge >= 0.3 is 0 Å². The number of hydrogen-bond donors (Lipinski definition) is 1. The van der Waals surface area contributed by atoms with Gasteiger partial charge in [-0.15, -0.1) is 0 Å². The minimum absolute atomic E-state index is 0.0541. The van der Waals surface area contributed by atoms with E-state index < -0.39 is 0 Å². The van der Waals surface area contributed by atoms with Gasteiger partial charge in [-0.25, -0.2) is 0 Å². The van der Waals surface area contributed by atoms with Crippen molar-refractivity contribution in [1.82, 2.24) is 5.32 Å². The maximum absolute atomic E-state index is 6.26. The Balaban J connectivity index is 2.28. The fourth-order valence-electron chi connectivity index (χ4n) is 2.06. The predicted octanol–water partition coefficient (Wildman–Crippen LogP) is 5.80. The molecule has 0 aliphatic carbocycles. The molecule has 0 saturated heterocycles. The fourth-order valence-corrected chi connectivity index (χ4v) is 3.08. The lowest BCUT2D eigenvalue weighted by Crippen LogP contribution is -2.19. The third kappa shape index (κ3) is 3.81. The van der Waals surface area contributed by atoms with Crippen molar-refractivity contribution in [2.45, 2.75) is 12.5 Å². The molecule has 0 amide bonds. The molecule has 2 rings (SSSR count). The normalized spacial score (nSPS) is 12.4. The lowest BCUT2D eigenvalue weighted by molar-refractivity contribution is 0.592. The van der Waals surface area contributed by atoms with Crippen LogP contribution in [0.4, 0.5) is 0 Å². The molecule has 1 N–H and O–H groups in total. The highest BCUT2D eigenvalue weighted by Gasteiger charge is 2.15. The highest BCUT2D eigenvalue weighted by Crippen LogP contribution is 2.30. The van der Waals surface area contributed by atoms with E-state index in [9.17, 15) is 0 Å². The van der Waals surface area contributed by atoms with Crippen LogP contribution in [0.3, 0.4) is 0 Å². The average molecular weight is 349 g/mol. The van der Waals surface area contributed by atoms with Crippen LogP contribution in [0.2, 0.25) is 20.1 Å². The van der Waals surface area contributed by atoms with Crippen LogP contribution < -0.4 is 5.32 Å². The summed E-state index contributed by atoms with van der Waals surface area (Å²) in [4.78, 5) is 0. The van der Waals surface area contributed by atoms with E-state index in [-0.39, 0.29) is 6.04 Å². The van der Waals surface area contributed by atoms with Gasteiger partial charge in [-0.3, -0.25) is 0 Å². The zero-order valence-corrected chi connectivity index (χ0v) is 13.8. The van der Waals surface area contributed by atoms with Crippen LogP contribution in [-0.2, 0) is 6.42 Å². The van der Waals surface area contributed by atoms with E-state index in [2.05, 4.69) is 5.32 Å². The summed E-state index contributed by atoms with van der Waals surface area (Å²) in [5, 5.41) is 5.80. The smallest absolute Gasteiger partial charge is 0.0468 e. The molecule has 0 heterocycles. The molecule has 1 unspecified atom stereocenters. The van der Waals surface area contributed by atoms with Crippen LogP contribution >= 0.6 is 46.4 Å². The van der Waals surface area contributed by atoms with Crippen molar-refractivity contribution in [2.75, 3.05) is 7.05 Å². The molecule has 0 saturated carbocycles. The maximum Gasteiger partial charge on any atom is 0.0468 e. The molecule has 0 bridgehead atoms. The molecule has 106 valence electrons. The van der Waals surface area contributed by atoms with E-state index in [1.807, 2.05) is 31.3 Å². The van der Waals surface area contributed by atoms with Gasteiger partial charge in [0.15, 0.2) is 0 Å². The Hall–Kier alpha value is -0.440. The zero-order chi connectivity index (χ0) is 14.7. The lowest BCUT2D eigenvalue weighted by Gasteiger charge is -2.19. The van der Waals surface area contributed by atoms with Crippen molar-refractivity contribution in [2.24, 2.45) is 0 Å². The minimum atomic E-state index is 0.0541. The summed E-state index contributed by atoms with van der Waals surface area (Å²) in [6, 6.07) is 11.1. The molecule has 0 aliphatic rings. The predicted molar refractivity (Wildman–Crippen MR) is 88.4 cm³/mol. The molecule has 2 aromatic rings. The topological polar surface area (TPSA) is 12.0 Å². The number of rotatable bonds is 4. The Labute approximate surface area is 138 Å². The summed E-state index contributed by atoms with van der Waals surface area (Å²) in [7, 11) is 1.89. The zero-order valence-electron chi connectivity index (χ0n) is 10.8. The monoisotopic (exact) mass is 347 g/mol. The van der Waals surface area contributed by atoms with E-state index in [1.165, 1.54) is 0 Å². The van der Waals surface area contributed by atoms with Gasteiger partial charge in [0.25, 0.3) is 0 Å². The Kier molecular flexibility index (Phi) is 5.59. The number of nitrogens with one attached hydrogen (secondary N) is 1. The molecular weight excluding hydrogens is 336 g/mol. The molecule has 0 radical (unpaired) electrons. The van der Waals surface area contributed by atoms with Gasteiger partial charge < -0.3 is 5.32 Å². The van der Waals surface area contributed by atoms with Crippen LogP contribution in [0.15, 0.2) is 36.4 Å². The van der Waals surface area contributed by atoms with Gasteiger partial charge in [0.1, 0.15) is 0 Å². The van der Waals surface area contributed by atoms with Crippen molar-refractivity contribution < 1.29 is 0 Å². The van der Waals surface area contributed by atoms with Crippen LogP contribution in [0, 0.1) is 0 Å².